The van der Waals surface area contributed by atoms with Crippen LogP contribution in [0.2, 0.25) is 0 Å². The fourth-order valence-electron chi connectivity index (χ4n) is 5.25. The Morgan fingerprint density at radius 2 is 1.82 bits per heavy atom. The second-order valence-electron chi connectivity index (χ2n) is 9.54. The fourth-order valence-corrected chi connectivity index (χ4v) is 5.25. The molecule has 1 aromatic carbocycles. The van der Waals surface area contributed by atoms with Gasteiger partial charge in [0.1, 0.15) is 0 Å². The first-order chi connectivity index (χ1) is 15.7. The fraction of sp³-hybridized carbons (Fsp3) is 0.583. The molecule has 1 aliphatic carbocycles. The van der Waals surface area contributed by atoms with Gasteiger partial charge in [0.2, 0.25) is 0 Å². The SMILES string of the molecule is Cc1nn(-c2cccc(C(F)(F)F)c2)c(C2CC2)c1C(=O)N1CCC(N2CC[C@H](O)C2)CC1. The minimum atomic E-state index is -4.44. The number of nitrogens with zero attached hydrogens (tertiary/aromatic N) is 4. The number of likely N-dealkylation sites (tertiary alicyclic amines) is 2. The second kappa shape index (κ2) is 8.43. The Kier molecular flexibility index (Phi) is 5.73. The van der Waals surface area contributed by atoms with Crippen LogP contribution in [0.1, 0.15) is 65.3 Å². The highest BCUT2D eigenvalue weighted by Gasteiger charge is 2.38. The Morgan fingerprint density at radius 3 is 2.42 bits per heavy atom. The highest BCUT2D eigenvalue weighted by atomic mass is 19.4. The molecule has 1 atom stereocenters. The smallest absolute Gasteiger partial charge is 0.392 e. The van der Waals surface area contributed by atoms with Crippen LogP contribution in [0.15, 0.2) is 24.3 Å². The lowest BCUT2D eigenvalue weighted by atomic mass is 10.0. The zero-order valence-corrected chi connectivity index (χ0v) is 18.7. The quantitative estimate of drug-likeness (QED) is 0.752. The van der Waals surface area contributed by atoms with E-state index in [1.165, 1.54) is 6.07 Å². The van der Waals surface area contributed by atoms with Crippen molar-refractivity contribution in [2.75, 3.05) is 26.2 Å². The number of aliphatic hydroxyl groups is 1. The summed E-state index contributed by atoms with van der Waals surface area (Å²) >= 11 is 0. The molecule has 33 heavy (non-hydrogen) atoms. The van der Waals surface area contributed by atoms with Gasteiger partial charge >= 0.3 is 6.18 Å². The summed E-state index contributed by atoms with van der Waals surface area (Å²) in [6.07, 6.45) is -0.358. The van der Waals surface area contributed by atoms with Crippen LogP contribution in [0.3, 0.4) is 0 Å². The van der Waals surface area contributed by atoms with Crippen molar-refractivity contribution in [3.63, 3.8) is 0 Å². The van der Waals surface area contributed by atoms with E-state index in [0.717, 1.165) is 56.5 Å². The minimum Gasteiger partial charge on any atom is -0.392 e. The maximum atomic E-state index is 13.6. The lowest BCUT2D eigenvalue weighted by Gasteiger charge is -2.36. The van der Waals surface area contributed by atoms with Crippen LogP contribution in [-0.4, -0.2) is 68.9 Å². The molecule has 0 unspecified atom stereocenters. The van der Waals surface area contributed by atoms with Gasteiger partial charge in [-0.25, -0.2) is 4.68 Å². The van der Waals surface area contributed by atoms with E-state index < -0.39 is 11.7 Å². The number of carbonyl (C=O) groups excluding carboxylic acids is 1. The summed E-state index contributed by atoms with van der Waals surface area (Å²) in [6, 6.07) is 5.52. The molecule has 2 aromatic rings. The van der Waals surface area contributed by atoms with Crippen LogP contribution in [0.25, 0.3) is 5.69 Å². The maximum absolute atomic E-state index is 13.6. The Labute approximate surface area is 191 Å². The zero-order valence-electron chi connectivity index (χ0n) is 18.7. The zero-order chi connectivity index (χ0) is 23.3. The van der Waals surface area contributed by atoms with E-state index >= 15 is 0 Å². The van der Waals surface area contributed by atoms with Crippen molar-refractivity contribution < 1.29 is 23.1 Å². The number of aliphatic hydroxyl groups excluding tert-OH is 1. The molecule has 5 rings (SSSR count). The Morgan fingerprint density at radius 1 is 1.09 bits per heavy atom. The van der Waals surface area contributed by atoms with Gasteiger partial charge in [-0.15, -0.1) is 0 Å². The van der Waals surface area contributed by atoms with E-state index in [1.54, 1.807) is 17.7 Å². The molecule has 3 heterocycles. The van der Waals surface area contributed by atoms with Crippen LogP contribution in [0.5, 0.6) is 0 Å². The highest BCUT2D eigenvalue weighted by Crippen LogP contribution is 2.44. The molecule has 9 heteroatoms. The number of β-amino-alcohol motifs (C(OH)–C–C–N with tert-alkyl or cyclic N) is 1. The number of aromatic nitrogens is 2. The van der Waals surface area contributed by atoms with Gasteiger partial charge in [0.05, 0.1) is 34.3 Å². The summed E-state index contributed by atoms with van der Waals surface area (Å²) in [5, 5.41) is 14.4. The van der Waals surface area contributed by atoms with Gasteiger partial charge in [-0.05, 0) is 57.2 Å². The van der Waals surface area contributed by atoms with Gasteiger partial charge in [0.25, 0.3) is 5.91 Å². The van der Waals surface area contributed by atoms with E-state index in [2.05, 4.69) is 10.00 Å². The molecule has 0 bridgehead atoms. The Bertz CT molecular complexity index is 1040. The predicted octanol–water partition coefficient (Wildman–Crippen LogP) is 3.75. The highest BCUT2D eigenvalue weighted by molar-refractivity contribution is 5.97. The van der Waals surface area contributed by atoms with Crippen molar-refractivity contribution in [1.29, 1.82) is 0 Å². The number of alkyl halides is 3. The molecule has 0 spiro atoms. The predicted molar refractivity (Wildman–Crippen MR) is 116 cm³/mol. The number of piperidine rings is 1. The average molecular weight is 463 g/mol. The van der Waals surface area contributed by atoms with Crippen molar-refractivity contribution >= 4 is 5.91 Å². The number of amides is 1. The number of hydrogen-bond acceptors (Lipinski definition) is 4. The molecular weight excluding hydrogens is 433 g/mol. The summed E-state index contributed by atoms with van der Waals surface area (Å²) < 4.78 is 41.4. The lowest BCUT2D eigenvalue weighted by Crippen LogP contribution is -2.46. The molecule has 2 saturated heterocycles. The molecule has 6 nitrogen and oxygen atoms in total. The largest absolute Gasteiger partial charge is 0.416 e. The average Bonchev–Trinajstić information content (AvgIpc) is 3.45. The van der Waals surface area contributed by atoms with Crippen LogP contribution >= 0.6 is 0 Å². The number of aryl methyl sites for hydroxylation is 1. The van der Waals surface area contributed by atoms with E-state index in [9.17, 15) is 23.1 Å². The van der Waals surface area contributed by atoms with Gasteiger partial charge in [0, 0.05) is 38.1 Å². The normalized spacial score (nSPS) is 22.8. The third-order valence-electron chi connectivity index (χ3n) is 7.15. The van der Waals surface area contributed by atoms with Gasteiger partial charge in [0.15, 0.2) is 0 Å². The van der Waals surface area contributed by atoms with Crippen molar-refractivity contribution in [2.24, 2.45) is 0 Å². The first-order valence-electron chi connectivity index (χ1n) is 11.7. The molecule has 3 fully saturated rings. The minimum absolute atomic E-state index is 0.0764. The summed E-state index contributed by atoms with van der Waals surface area (Å²) in [5.74, 6) is 0.0656. The van der Waals surface area contributed by atoms with Crippen molar-refractivity contribution in [3.05, 3.63) is 46.8 Å². The van der Waals surface area contributed by atoms with E-state index in [-0.39, 0.29) is 17.9 Å². The molecule has 1 amide bonds. The van der Waals surface area contributed by atoms with Crippen LogP contribution in [0.4, 0.5) is 13.2 Å². The monoisotopic (exact) mass is 462 g/mol. The van der Waals surface area contributed by atoms with Crippen molar-refractivity contribution in [1.82, 2.24) is 19.6 Å². The third kappa shape index (κ3) is 4.40. The summed E-state index contributed by atoms with van der Waals surface area (Å²) in [4.78, 5) is 17.7. The number of hydrogen-bond donors (Lipinski definition) is 1. The third-order valence-corrected chi connectivity index (χ3v) is 7.15. The maximum Gasteiger partial charge on any atom is 0.416 e. The van der Waals surface area contributed by atoms with Crippen LogP contribution in [0, 0.1) is 6.92 Å². The molecule has 3 aliphatic rings. The van der Waals surface area contributed by atoms with Crippen molar-refractivity contribution in [3.8, 4) is 5.69 Å². The van der Waals surface area contributed by atoms with Gasteiger partial charge in [-0.2, -0.15) is 18.3 Å². The first-order valence-corrected chi connectivity index (χ1v) is 11.7. The van der Waals surface area contributed by atoms with E-state index in [1.807, 2.05) is 4.90 Å². The molecule has 1 aromatic heterocycles. The number of benzene rings is 1. The molecule has 178 valence electrons. The molecular formula is C24H29F3N4O2. The van der Waals surface area contributed by atoms with E-state index in [4.69, 9.17) is 0 Å². The Hall–Kier alpha value is -2.39. The standard InChI is InChI=1S/C24H29F3N4O2/c1-15-21(23(33)29-10-7-18(8-11-29)30-12-9-20(32)14-30)22(16-5-6-16)31(28-15)19-4-2-3-17(13-19)24(25,26)27/h2-4,13,16,18,20,32H,5-12,14H2,1H3/t20-/m0/s1. The topological polar surface area (TPSA) is 61.6 Å². The van der Waals surface area contributed by atoms with E-state index in [0.29, 0.717) is 42.6 Å². The molecule has 2 aliphatic heterocycles. The van der Waals surface area contributed by atoms with Gasteiger partial charge < -0.3 is 10.0 Å². The lowest BCUT2D eigenvalue weighted by molar-refractivity contribution is -0.137. The molecule has 0 radical (unpaired) electrons. The number of carbonyl (C=O) groups is 1. The number of halogens is 3. The van der Waals surface area contributed by atoms with Gasteiger partial charge in [-0.1, -0.05) is 6.07 Å². The van der Waals surface area contributed by atoms with Crippen LogP contribution < -0.4 is 0 Å². The molecule has 1 N–H and O–H groups in total. The summed E-state index contributed by atoms with van der Waals surface area (Å²) in [5.41, 5.74) is 1.45. The Balaban J connectivity index is 1.39. The molecule has 1 saturated carbocycles. The second-order valence-corrected chi connectivity index (χ2v) is 9.54. The van der Waals surface area contributed by atoms with Crippen molar-refractivity contribution in [2.45, 2.75) is 63.3 Å². The van der Waals surface area contributed by atoms with Gasteiger partial charge in [-0.3, -0.25) is 9.69 Å². The summed E-state index contributed by atoms with van der Waals surface area (Å²) in [6.45, 7) is 4.63. The number of rotatable bonds is 4. The summed E-state index contributed by atoms with van der Waals surface area (Å²) in [7, 11) is 0. The first kappa shape index (κ1) is 22.4. The van der Waals surface area contributed by atoms with Crippen LogP contribution in [-0.2, 0) is 6.18 Å².